The number of benzene rings is 1. The quantitative estimate of drug-likeness (QED) is 0.152. The van der Waals surface area contributed by atoms with Crippen molar-refractivity contribution in [1.29, 1.82) is 0 Å². The fraction of sp³-hybridized carbons (Fsp3) is 0.562. The fourth-order valence-corrected chi connectivity index (χ4v) is 5.48. The number of carbonyl (C=O) groups excluding carboxylic acids is 5. The molecule has 1 aromatic heterocycles. The Morgan fingerprint density at radius 1 is 0.978 bits per heavy atom. The Hall–Kier alpha value is -4.26. The standard InChI is InChI=1S/C32H47N7O6/c1-3-20(2)27(39-30(42)25(18-21-9-5-4-6-10-21)38-31(43)26-14-16-36-45-26)32(44)35-19-22-11-7-12-23(17-22)29(41)37-24(28(34)40)13-8-15-33/h7,11-12,14,16-17,20-21,24-25,27H,3-6,8-10,13,15,18-19,33H2,1-2H3,(H2,34,40)(H,35,44)(H,37,41)(H,38,43)(H,39,42)/t20-,24-,25-,27-/m0/s1. The molecule has 13 nitrogen and oxygen atoms in total. The zero-order valence-electron chi connectivity index (χ0n) is 26.2. The van der Waals surface area contributed by atoms with Crippen LogP contribution in [0.25, 0.3) is 0 Å². The van der Waals surface area contributed by atoms with Crippen LogP contribution in [0.4, 0.5) is 0 Å². The summed E-state index contributed by atoms with van der Waals surface area (Å²) in [7, 11) is 0. The van der Waals surface area contributed by atoms with E-state index >= 15 is 0 Å². The molecule has 0 aliphatic heterocycles. The van der Waals surface area contributed by atoms with E-state index in [1.165, 1.54) is 12.3 Å². The Morgan fingerprint density at radius 2 is 1.71 bits per heavy atom. The van der Waals surface area contributed by atoms with E-state index < -0.39 is 41.8 Å². The van der Waals surface area contributed by atoms with Gasteiger partial charge in [-0.1, -0.05) is 69.7 Å². The number of carbonyl (C=O) groups is 5. The predicted octanol–water partition coefficient (Wildman–Crippen LogP) is 1.91. The lowest BCUT2D eigenvalue weighted by Crippen LogP contribution is -2.56. The summed E-state index contributed by atoms with van der Waals surface area (Å²) in [6, 6.07) is 5.53. The van der Waals surface area contributed by atoms with E-state index in [0.29, 0.717) is 43.4 Å². The largest absolute Gasteiger partial charge is 0.368 e. The number of nitrogens with one attached hydrogen (secondary N) is 4. The van der Waals surface area contributed by atoms with Crippen molar-refractivity contribution >= 4 is 29.5 Å². The van der Waals surface area contributed by atoms with Gasteiger partial charge >= 0.3 is 0 Å². The third-order valence-electron chi connectivity index (χ3n) is 8.37. The third kappa shape index (κ3) is 11.0. The molecule has 2 aromatic rings. The van der Waals surface area contributed by atoms with Gasteiger partial charge in [0.2, 0.25) is 23.5 Å². The van der Waals surface area contributed by atoms with Crippen molar-refractivity contribution in [3.63, 3.8) is 0 Å². The van der Waals surface area contributed by atoms with Crippen molar-refractivity contribution in [3.8, 4) is 0 Å². The lowest BCUT2D eigenvalue weighted by atomic mass is 9.84. The van der Waals surface area contributed by atoms with Gasteiger partial charge < -0.3 is 37.3 Å². The third-order valence-corrected chi connectivity index (χ3v) is 8.37. The van der Waals surface area contributed by atoms with Crippen LogP contribution < -0.4 is 32.7 Å². The maximum Gasteiger partial charge on any atom is 0.290 e. The second kappa shape index (κ2) is 17.9. The number of nitrogens with zero attached hydrogens (tertiary/aromatic N) is 1. The molecule has 1 heterocycles. The van der Waals surface area contributed by atoms with E-state index in [9.17, 15) is 24.0 Å². The van der Waals surface area contributed by atoms with Crippen LogP contribution in [0.1, 0.15) is 98.1 Å². The van der Waals surface area contributed by atoms with Crippen LogP contribution in [0.3, 0.4) is 0 Å². The van der Waals surface area contributed by atoms with Crippen LogP contribution in [-0.2, 0) is 20.9 Å². The van der Waals surface area contributed by atoms with Gasteiger partial charge in [0.1, 0.15) is 18.1 Å². The summed E-state index contributed by atoms with van der Waals surface area (Å²) < 4.78 is 4.97. The SMILES string of the molecule is CC[C@H](C)[C@H](NC(=O)[C@H](CC1CCCCC1)NC(=O)c1ccno1)C(=O)NCc1cccc(C(=O)N[C@@H](CCCN)C(N)=O)c1. The second-order valence-electron chi connectivity index (χ2n) is 11.8. The van der Waals surface area contributed by atoms with Crippen LogP contribution in [0.5, 0.6) is 0 Å². The molecule has 13 heteroatoms. The van der Waals surface area contributed by atoms with Crippen molar-refractivity contribution in [2.45, 2.75) is 96.3 Å². The van der Waals surface area contributed by atoms with E-state index in [1.807, 2.05) is 13.8 Å². The van der Waals surface area contributed by atoms with Gasteiger partial charge in [0, 0.05) is 18.2 Å². The highest BCUT2D eigenvalue weighted by Gasteiger charge is 2.32. The first-order valence-electron chi connectivity index (χ1n) is 15.8. The van der Waals surface area contributed by atoms with E-state index in [0.717, 1.165) is 32.1 Å². The molecule has 1 aliphatic rings. The molecular formula is C32H47N7O6. The monoisotopic (exact) mass is 625 g/mol. The highest BCUT2D eigenvalue weighted by molar-refractivity contribution is 5.98. The summed E-state index contributed by atoms with van der Waals surface area (Å²) in [5.41, 5.74) is 11.9. The molecule has 8 N–H and O–H groups in total. The summed E-state index contributed by atoms with van der Waals surface area (Å²) in [5.74, 6) is -2.40. The van der Waals surface area contributed by atoms with Crippen LogP contribution in [-0.4, -0.2) is 59.4 Å². The molecule has 5 amide bonds. The molecule has 1 aromatic carbocycles. The number of rotatable bonds is 17. The molecule has 0 spiro atoms. The highest BCUT2D eigenvalue weighted by Crippen LogP contribution is 2.27. The van der Waals surface area contributed by atoms with Gasteiger partial charge in [-0.15, -0.1) is 0 Å². The molecule has 1 saturated carbocycles. The van der Waals surface area contributed by atoms with Gasteiger partial charge in [0.15, 0.2) is 0 Å². The van der Waals surface area contributed by atoms with Crippen molar-refractivity contribution in [1.82, 2.24) is 26.4 Å². The molecule has 0 bridgehead atoms. The summed E-state index contributed by atoms with van der Waals surface area (Å²) in [5, 5.41) is 14.8. The summed E-state index contributed by atoms with van der Waals surface area (Å²) >= 11 is 0. The number of aromatic nitrogens is 1. The van der Waals surface area contributed by atoms with Gasteiger partial charge in [0.05, 0.1) is 6.20 Å². The Bertz CT molecular complexity index is 1280. The molecule has 0 unspecified atom stereocenters. The molecule has 3 rings (SSSR count). The number of hydrogen-bond donors (Lipinski definition) is 6. The zero-order chi connectivity index (χ0) is 32.8. The summed E-state index contributed by atoms with van der Waals surface area (Å²) in [6.45, 7) is 4.27. The smallest absolute Gasteiger partial charge is 0.290 e. The van der Waals surface area contributed by atoms with Crippen molar-refractivity contribution < 1.29 is 28.5 Å². The van der Waals surface area contributed by atoms with Gasteiger partial charge in [-0.2, -0.15) is 0 Å². The lowest BCUT2D eigenvalue weighted by molar-refractivity contribution is -0.131. The van der Waals surface area contributed by atoms with Gasteiger partial charge in [-0.3, -0.25) is 24.0 Å². The van der Waals surface area contributed by atoms with Crippen LogP contribution >= 0.6 is 0 Å². The average Bonchev–Trinajstić information content (AvgIpc) is 3.59. The minimum atomic E-state index is -0.858. The van der Waals surface area contributed by atoms with Crippen LogP contribution in [0, 0.1) is 11.8 Å². The van der Waals surface area contributed by atoms with E-state index in [1.54, 1.807) is 24.3 Å². The molecule has 45 heavy (non-hydrogen) atoms. The van der Waals surface area contributed by atoms with E-state index in [-0.39, 0.29) is 30.0 Å². The molecule has 4 atom stereocenters. The van der Waals surface area contributed by atoms with Gasteiger partial charge in [0.25, 0.3) is 11.8 Å². The van der Waals surface area contributed by atoms with Crippen molar-refractivity contribution in [2.24, 2.45) is 23.3 Å². The number of hydrogen-bond acceptors (Lipinski definition) is 8. The summed E-state index contributed by atoms with van der Waals surface area (Å²) in [6.07, 6.45) is 8.57. The van der Waals surface area contributed by atoms with Crippen LogP contribution in [0.15, 0.2) is 41.1 Å². The molecule has 0 saturated heterocycles. The van der Waals surface area contributed by atoms with E-state index in [4.69, 9.17) is 16.0 Å². The normalized spacial score (nSPS) is 16.1. The van der Waals surface area contributed by atoms with Crippen LogP contribution in [0.2, 0.25) is 0 Å². The maximum atomic E-state index is 13.6. The summed E-state index contributed by atoms with van der Waals surface area (Å²) in [4.78, 5) is 64.4. The molecule has 1 aliphatic carbocycles. The Morgan fingerprint density at radius 3 is 2.36 bits per heavy atom. The first-order chi connectivity index (χ1) is 21.6. The maximum absolute atomic E-state index is 13.6. The fourth-order valence-electron chi connectivity index (χ4n) is 5.48. The lowest BCUT2D eigenvalue weighted by Gasteiger charge is -2.29. The predicted molar refractivity (Wildman–Crippen MR) is 167 cm³/mol. The molecule has 246 valence electrons. The Labute approximate surface area is 264 Å². The van der Waals surface area contributed by atoms with Gasteiger partial charge in [-0.05, 0) is 55.3 Å². The Kier molecular flexibility index (Phi) is 14.0. The van der Waals surface area contributed by atoms with Crippen molar-refractivity contribution in [2.75, 3.05) is 6.54 Å². The molecule has 0 radical (unpaired) electrons. The first kappa shape index (κ1) is 35.2. The number of primary amides is 1. The molecule has 1 fully saturated rings. The number of amides is 5. The minimum absolute atomic E-state index is 0.00397. The van der Waals surface area contributed by atoms with Crippen molar-refractivity contribution in [3.05, 3.63) is 53.4 Å². The first-order valence-corrected chi connectivity index (χ1v) is 15.8. The molecular weight excluding hydrogens is 578 g/mol. The van der Waals surface area contributed by atoms with E-state index in [2.05, 4.69) is 26.4 Å². The highest BCUT2D eigenvalue weighted by atomic mass is 16.5. The Balaban J connectivity index is 1.67. The average molecular weight is 626 g/mol. The minimum Gasteiger partial charge on any atom is -0.368 e. The zero-order valence-corrected chi connectivity index (χ0v) is 26.2. The topological polar surface area (TPSA) is 212 Å². The van der Waals surface area contributed by atoms with Gasteiger partial charge in [-0.25, -0.2) is 0 Å². The number of nitrogens with two attached hydrogens (primary N) is 2. The second-order valence-corrected chi connectivity index (χ2v) is 11.8.